The Hall–Kier alpha value is -0.570. The average Bonchev–Trinajstić information content (AvgIpc) is 3.06. The number of nitrogens with zero attached hydrogens (tertiary/aromatic N) is 1. The van der Waals surface area contributed by atoms with Crippen molar-refractivity contribution in [2.24, 2.45) is 17.8 Å². The summed E-state index contributed by atoms with van der Waals surface area (Å²) < 4.78 is 0. The number of hydrogen-bond acceptors (Lipinski definition) is 2. The predicted molar refractivity (Wildman–Crippen MR) is 65.8 cm³/mol. The van der Waals surface area contributed by atoms with Gasteiger partial charge in [0.05, 0.1) is 6.42 Å². The van der Waals surface area contributed by atoms with Gasteiger partial charge in [-0.15, -0.1) is 0 Å². The van der Waals surface area contributed by atoms with Crippen molar-refractivity contribution in [2.45, 2.75) is 51.0 Å². The van der Waals surface area contributed by atoms with Crippen LogP contribution in [0.3, 0.4) is 0 Å². The van der Waals surface area contributed by atoms with E-state index in [1.54, 1.807) is 0 Å². The second-order valence-corrected chi connectivity index (χ2v) is 6.34. The number of aliphatic carboxylic acids is 1. The maximum Gasteiger partial charge on any atom is 0.303 e. The second kappa shape index (κ2) is 4.60. The summed E-state index contributed by atoms with van der Waals surface area (Å²) in [5.41, 5.74) is 0. The second-order valence-electron chi connectivity index (χ2n) is 6.34. The Kier molecular flexibility index (Phi) is 3.12. The highest BCUT2D eigenvalue weighted by atomic mass is 16.4. The van der Waals surface area contributed by atoms with Gasteiger partial charge in [0.1, 0.15) is 0 Å². The van der Waals surface area contributed by atoms with Gasteiger partial charge >= 0.3 is 5.97 Å². The van der Waals surface area contributed by atoms with Crippen LogP contribution in [0.5, 0.6) is 0 Å². The molecule has 96 valence electrons. The zero-order valence-electron chi connectivity index (χ0n) is 10.5. The molecular formula is C14H23NO2. The highest BCUT2D eigenvalue weighted by molar-refractivity contribution is 5.67. The lowest BCUT2D eigenvalue weighted by Gasteiger charge is -2.47. The van der Waals surface area contributed by atoms with E-state index in [-0.39, 0.29) is 0 Å². The largest absolute Gasteiger partial charge is 0.481 e. The van der Waals surface area contributed by atoms with Crippen LogP contribution >= 0.6 is 0 Å². The van der Waals surface area contributed by atoms with Crippen molar-refractivity contribution in [1.82, 2.24) is 4.90 Å². The van der Waals surface area contributed by atoms with Crippen LogP contribution < -0.4 is 0 Å². The maximum absolute atomic E-state index is 10.6. The number of hydrogen-bond donors (Lipinski definition) is 1. The van der Waals surface area contributed by atoms with Gasteiger partial charge in [-0.05, 0) is 43.4 Å². The molecule has 1 N–H and O–H groups in total. The van der Waals surface area contributed by atoms with Gasteiger partial charge < -0.3 is 5.11 Å². The van der Waals surface area contributed by atoms with Crippen molar-refractivity contribution in [3.05, 3.63) is 0 Å². The summed E-state index contributed by atoms with van der Waals surface area (Å²) in [6.07, 6.45) is 8.90. The predicted octanol–water partition coefficient (Wildman–Crippen LogP) is 2.36. The molecule has 3 heteroatoms. The summed E-state index contributed by atoms with van der Waals surface area (Å²) in [5.74, 6) is 1.84. The molecule has 3 aliphatic rings. The monoisotopic (exact) mass is 237 g/mol. The Morgan fingerprint density at radius 1 is 1.12 bits per heavy atom. The first-order valence-corrected chi connectivity index (χ1v) is 7.18. The summed E-state index contributed by atoms with van der Waals surface area (Å²) in [4.78, 5) is 13.2. The van der Waals surface area contributed by atoms with E-state index < -0.39 is 5.97 Å². The van der Waals surface area contributed by atoms with Gasteiger partial charge in [0.25, 0.3) is 0 Å². The minimum absolute atomic E-state index is 0.370. The van der Waals surface area contributed by atoms with Crippen molar-refractivity contribution in [3.8, 4) is 0 Å². The summed E-state index contributed by atoms with van der Waals surface area (Å²) >= 11 is 0. The van der Waals surface area contributed by atoms with E-state index in [9.17, 15) is 4.79 Å². The van der Waals surface area contributed by atoms with Crippen molar-refractivity contribution >= 4 is 5.97 Å². The summed E-state index contributed by atoms with van der Waals surface area (Å²) in [6.45, 7) is 2.07. The first-order chi connectivity index (χ1) is 8.22. The third-order valence-electron chi connectivity index (χ3n) is 4.94. The highest BCUT2D eigenvalue weighted by Crippen LogP contribution is 2.45. The van der Waals surface area contributed by atoms with Crippen molar-refractivity contribution in [1.29, 1.82) is 0 Å². The lowest BCUT2D eigenvalue weighted by Crippen LogP contribution is -2.53. The Balaban J connectivity index is 1.44. The molecule has 0 aromatic carbocycles. The first kappa shape index (κ1) is 11.5. The van der Waals surface area contributed by atoms with Crippen LogP contribution in [0.1, 0.15) is 44.9 Å². The first-order valence-electron chi connectivity index (χ1n) is 7.18. The Labute approximate surface area is 103 Å². The van der Waals surface area contributed by atoms with E-state index in [1.165, 1.54) is 38.5 Å². The summed E-state index contributed by atoms with van der Waals surface area (Å²) in [6, 6.07) is 0.777. The van der Waals surface area contributed by atoms with E-state index in [2.05, 4.69) is 4.90 Å². The lowest BCUT2D eigenvalue weighted by atomic mass is 9.80. The molecule has 0 spiro atoms. The number of carboxylic acid groups (broad SMARTS) is 1. The number of carboxylic acids is 1. The van der Waals surface area contributed by atoms with E-state index in [4.69, 9.17) is 5.11 Å². The number of carbonyl (C=O) groups is 1. The van der Waals surface area contributed by atoms with E-state index >= 15 is 0 Å². The third kappa shape index (κ3) is 2.65. The minimum Gasteiger partial charge on any atom is -0.481 e. The van der Waals surface area contributed by atoms with Crippen LogP contribution in [0.25, 0.3) is 0 Å². The maximum atomic E-state index is 10.6. The zero-order valence-corrected chi connectivity index (χ0v) is 10.5. The third-order valence-corrected chi connectivity index (χ3v) is 4.94. The van der Waals surface area contributed by atoms with Gasteiger partial charge in [0.15, 0.2) is 0 Å². The normalized spacial score (nSPS) is 35.5. The van der Waals surface area contributed by atoms with Gasteiger partial charge in [0, 0.05) is 19.1 Å². The van der Waals surface area contributed by atoms with Gasteiger partial charge in [-0.25, -0.2) is 0 Å². The zero-order chi connectivity index (χ0) is 11.8. The quantitative estimate of drug-likeness (QED) is 0.816. The Morgan fingerprint density at radius 3 is 2.53 bits per heavy atom. The molecule has 0 radical (unpaired) electrons. The molecule has 3 nitrogen and oxygen atoms in total. The summed E-state index contributed by atoms with van der Waals surface area (Å²) in [7, 11) is 0. The fraction of sp³-hybridized carbons (Fsp3) is 0.929. The number of likely N-dealkylation sites (tertiary alicyclic amines) is 1. The molecule has 2 saturated carbocycles. The molecule has 2 unspecified atom stereocenters. The molecule has 0 bridgehead atoms. The molecule has 3 rings (SSSR count). The fourth-order valence-electron chi connectivity index (χ4n) is 3.81. The molecular weight excluding hydrogens is 214 g/mol. The molecule has 17 heavy (non-hydrogen) atoms. The van der Waals surface area contributed by atoms with Crippen LogP contribution in [0.2, 0.25) is 0 Å². The fourth-order valence-corrected chi connectivity index (χ4v) is 3.81. The van der Waals surface area contributed by atoms with E-state index in [0.29, 0.717) is 12.3 Å². The molecule has 1 saturated heterocycles. The molecule has 2 aliphatic carbocycles. The Morgan fingerprint density at radius 2 is 1.88 bits per heavy atom. The minimum atomic E-state index is -0.630. The van der Waals surface area contributed by atoms with Crippen LogP contribution in [0, 0.1) is 17.8 Å². The van der Waals surface area contributed by atoms with Gasteiger partial charge in [-0.3, -0.25) is 9.69 Å². The van der Waals surface area contributed by atoms with Crippen molar-refractivity contribution in [2.75, 3.05) is 13.1 Å². The molecule has 2 atom stereocenters. The average molecular weight is 237 g/mol. The van der Waals surface area contributed by atoms with E-state index in [1.807, 2.05) is 0 Å². The molecule has 0 aromatic heterocycles. The van der Waals surface area contributed by atoms with Crippen molar-refractivity contribution in [3.63, 3.8) is 0 Å². The van der Waals surface area contributed by atoms with Crippen LogP contribution in [0.4, 0.5) is 0 Å². The highest BCUT2D eigenvalue weighted by Gasteiger charge is 2.39. The summed E-state index contributed by atoms with van der Waals surface area (Å²) in [5, 5.41) is 8.75. The molecule has 0 amide bonds. The van der Waals surface area contributed by atoms with Gasteiger partial charge in [-0.2, -0.15) is 0 Å². The van der Waals surface area contributed by atoms with Crippen LogP contribution in [-0.4, -0.2) is 35.1 Å². The van der Waals surface area contributed by atoms with Crippen LogP contribution in [-0.2, 0) is 4.79 Å². The lowest BCUT2D eigenvalue weighted by molar-refractivity contribution is -0.140. The molecule has 0 aromatic rings. The van der Waals surface area contributed by atoms with Gasteiger partial charge in [-0.1, -0.05) is 12.8 Å². The topological polar surface area (TPSA) is 40.5 Å². The van der Waals surface area contributed by atoms with Crippen molar-refractivity contribution < 1.29 is 9.90 Å². The van der Waals surface area contributed by atoms with Gasteiger partial charge in [0.2, 0.25) is 0 Å². The van der Waals surface area contributed by atoms with Crippen LogP contribution in [0.15, 0.2) is 0 Å². The number of rotatable bonds is 4. The molecule has 1 aliphatic heterocycles. The SMILES string of the molecule is O=C(O)CC1CN(C2CCCC(C3CC3)C2)C1. The molecule has 3 fully saturated rings. The smallest absolute Gasteiger partial charge is 0.303 e. The standard InChI is InChI=1S/C14H23NO2/c16-14(17)6-10-8-15(9-10)13-3-1-2-12(7-13)11-4-5-11/h10-13H,1-9H2,(H,16,17). The Bertz CT molecular complexity index is 295. The van der Waals surface area contributed by atoms with E-state index in [0.717, 1.165) is 31.0 Å². The molecule has 1 heterocycles.